The second-order valence-corrected chi connectivity index (χ2v) is 6.87. The molecule has 1 aliphatic carbocycles. The van der Waals surface area contributed by atoms with Crippen molar-refractivity contribution in [2.45, 2.75) is 43.5 Å². The molecule has 1 aromatic heterocycles. The van der Waals surface area contributed by atoms with Crippen molar-refractivity contribution in [1.82, 2.24) is 14.9 Å². The summed E-state index contributed by atoms with van der Waals surface area (Å²) in [5, 5.41) is 14.7. The summed E-state index contributed by atoms with van der Waals surface area (Å²) >= 11 is 1.79. The van der Waals surface area contributed by atoms with Crippen LogP contribution in [0.2, 0.25) is 0 Å². The van der Waals surface area contributed by atoms with Crippen molar-refractivity contribution < 1.29 is 0 Å². The Morgan fingerprint density at radius 2 is 2.15 bits per heavy atom. The molecule has 4 rings (SSSR count). The van der Waals surface area contributed by atoms with Crippen LogP contribution >= 0.6 is 11.8 Å². The molecule has 1 aromatic carbocycles. The van der Waals surface area contributed by atoms with Crippen LogP contribution in [0, 0.1) is 6.92 Å². The zero-order valence-electron chi connectivity index (χ0n) is 11.8. The Kier molecular flexibility index (Phi) is 2.54. The highest BCUT2D eigenvalue weighted by molar-refractivity contribution is 8.00. The van der Waals surface area contributed by atoms with Gasteiger partial charge in [0.15, 0.2) is 5.82 Å². The number of rotatable bonds is 1. The van der Waals surface area contributed by atoms with Gasteiger partial charge in [0, 0.05) is 11.5 Å². The third kappa shape index (κ3) is 1.59. The van der Waals surface area contributed by atoms with E-state index in [0.29, 0.717) is 11.2 Å². The van der Waals surface area contributed by atoms with Gasteiger partial charge in [0.1, 0.15) is 0 Å². The lowest BCUT2D eigenvalue weighted by Gasteiger charge is -2.17. The van der Waals surface area contributed by atoms with Crippen LogP contribution in [0.1, 0.15) is 42.3 Å². The second kappa shape index (κ2) is 4.19. The molecule has 102 valence electrons. The largest absolute Gasteiger partial charge is 0.212 e. The lowest BCUT2D eigenvalue weighted by atomic mass is 10.0. The zero-order valence-corrected chi connectivity index (χ0v) is 12.6. The third-order valence-corrected chi connectivity index (χ3v) is 5.13. The van der Waals surface area contributed by atoms with E-state index in [9.17, 15) is 0 Å². The molecule has 4 nitrogen and oxygen atoms in total. The monoisotopic (exact) mass is 284 g/mol. The van der Waals surface area contributed by atoms with Crippen LogP contribution in [0.4, 0.5) is 0 Å². The van der Waals surface area contributed by atoms with Gasteiger partial charge in [-0.05, 0) is 24.5 Å². The molecule has 0 radical (unpaired) electrons. The van der Waals surface area contributed by atoms with Gasteiger partial charge in [0.2, 0.25) is 5.16 Å². The number of nitrogens with zero attached hydrogens (tertiary/aromatic N) is 4. The molecule has 0 fully saturated rings. The van der Waals surface area contributed by atoms with Crippen molar-refractivity contribution in [3.05, 3.63) is 40.7 Å². The summed E-state index contributed by atoms with van der Waals surface area (Å²) in [6.07, 6.45) is 1.05. The number of aryl methyl sites for hydroxylation is 1. The number of benzene rings is 1. The fourth-order valence-corrected chi connectivity index (χ4v) is 4.04. The van der Waals surface area contributed by atoms with Gasteiger partial charge in [-0.25, -0.2) is 0 Å². The first kappa shape index (κ1) is 12.1. The van der Waals surface area contributed by atoms with Gasteiger partial charge in [-0.2, -0.15) is 9.78 Å². The topological polar surface area (TPSA) is 43.1 Å². The standard InChI is InChI=1S/C15H16N4S/c1-8(2)14-16-17-15-19(14)18-13-10-6-4-5-9(3)11(10)7-12(13)20-15/h4-6,8,12H,7H2,1-3H3. The molecule has 0 amide bonds. The molecule has 2 aromatic rings. The van der Waals surface area contributed by atoms with Crippen molar-refractivity contribution >= 4 is 17.5 Å². The van der Waals surface area contributed by atoms with Gasteiger partial charge in [-0.15, -0.1) is 10.2 Å². The van der Waals surface area contributed by atoms with Crippen LogP contribution in [0.5, 0.6) is 0 Å². The summed E-state index contributed by atoms with van der Waals surface area (Å²) in [6, 6.07) is 6.49. The summed E-state index contributed by atoms with van der Waals surface area (Å²) in [6.45, 7) is 6.43. The number of hydrogen-bond acceptors (Lipinski definition) is 4. The maximum absolute atomic E-state index is 4.86. The van der Waals surface area contributed by atoms with E-state index in [1.54, 1.807) is 11.8 Å². The Balaban J connectivity index is 1.89. The molecule has 5 heteroatoms. The van der Waals surface area contributed by atoms with Gasteiger partial charge in [-0.1, -0.05) is 43.8 Å². The minimum atomic E-state index is 0.330. The highest BCUT2D eigenvalue weighted by atomic mass is 32.2. The predicted octanol–water partition coefficient (Wildman–Crippen LogP) is 2.99. The minimum Gasteiger partial charge on any atom is -0.191 e. The Hall–Kier alpha value is -1.62. The molecule has 0 bridgehead atoms. The summed E-state index contributed by atoms with van der Waals surface area (Å²) < 4.78 is 1.93. The van der Waals surface area contributed by atoms with Crippen molar-refractivity contribution in [3.63, 3.8) is 0 Å². The molecule has 0 saturated carbocycles. The van der Waals surface area contributed by atoms with E-state index in [-0.39, 0.29) is 0 Å². The maximum atomic E-state index is 4.86. The predicted molar refractivity (Wildman–Crippen MR) is 80.6 cm³/mol. The van der Waals surface area contributed by atoms with E-state index >= 15 is 0 Å². The molecule has 2 heterocycles. The molecule has 1 unspecified atom stereocenters. The molecule has 20 heavy (non-hydrogen) atoms. The number of aromatic nitrogens is 3. The summed E-state index contributed by atoms with van der Waals surface area (Å²) in [4.78, 5) is 0. The highest BCUT2D eigenvalue weighted by Crippen LogP contribution is 2.39. The van der Waals surface area contributed by atoms with Gasteiger partial charge in [-0.3, -0.25) is 0 Å². The highest BCUT2D eigenvalue weighted by Gasteiger charge is 2.35. The molecule has 0 spiro atoms. The fourth-order valence-electron chi connectivity index (χ4n) is 2.92. The van der Waals surface area contributed by atoms with Crippen LogP contribution in [0.3, 0.4) is 0 Å². The molecule has 0 N–H and O–H groups in total. The fraction of sp³-hybridized carbons (Fsp3) is 0.400. The van der Waals surface area contributed by atoms with Crippen molar-refractivity contribution in [1.29, 1.82) is 0 Å². The zero-order chi connectivity index (χ0) is 13.9. The van der Waals surface area contributed by atoms with E-state index in [0.717, 1.165) is 17.4 Å². The van der Waals surface area contributed by atoms with E-state index in [1.807, 2.05) is 4.68 Å². The van der Waals surface area contributed by atoms with Gasteiger partial charge >= 0.3 is 0 Å². The van der Waals surface area contributed by atoms with Gasteiger partial charge in [0.05, 0.1) is 11.0 Å². The quantitative estimate of drug-likeness (QED) is 0.808. The number of fused-ring (bicyclic) bond motifs is 4. The smallest absolute Gasteiger partial charge is 0.191 e. The summed E-state index contributed by atoms with van der Waals surface area (Å²) in [5.41, 5.74) is 5.29. The first-order chi connectivity index (χ1) is 9.65. The van der Waals surface area contributed by atoms with Crippen molar-refractivity contribution in [2.75, 3.05) is 0 Å². The summed E-state index contributed by atoms with van der Waals surface area (Å²) in [5.74, 6) is 1.27. The van der Waals surface area contributed by atoms with Crippen molar-refractivity contribution in [3.8, 4) is 0 Å². The van der Waals surface area contributed by atoms with Crippen LogP contribution in [0.15, 0.2) is 28.5 Å². The maximum Gasteiger partial charge on any atom is 0.212 e. The number of thioether (sulfide) groups is 1. The Morgan fingerprint density at radius 1 is 1.30 bits per heavy atom. The normalized spacial score (nSPS) is 19.6. The van der Waals surface area contributed by atoms with E-state index in [2.05, 4.69) is 49.2 Å². The lowest BCUT2D eigenvalue weighted by Crippen LogP contribution is -2.20. The Labute approximate surface area is 122 Å². The Morgan fingerprint density at radius 3 is 2.95 bits per heavy atom. The van der Waals surface area contributed by atoms with E-state index in [4.69, 9.17) is 5.10 Å². The lowest BCUT2D eigenvalue weighted by molar-refractivity contribution is 0.659. The SMILES string of the molecule is Cc1cccc2c1CC1Sc3nnc(C(C)C)n3N=C21. The Bertz CT molecular complexity index is 729. The average Bonchev–Trinajstić information content (AvgIpc) is 2.98. The average molecular weight is 284 g/mol. The van der Waals surface area contributed by atoms with Gasteiger partial charge < -0.3 is 0 Å². The third-order valence-electron chi connectivity index (χ3n) is 3.99. The molecular weight excluding hydrogens is 268 g/mol. The first-order valence-electron chi connectivity index (χ1n) is 6.95. The van der Waals surface area contributed by atoms with Crippen LogP contribution in [-0.4, -0.2) is 25.8 Å². The second-order valence-electron chi connectivity index (χ2n) is 5.70. The molecule has 1 atom stereocenters. The molecular formula is C15H16N4S. The van der Waals surface area contributed by atoms with Crippen LogP contribution in [-0.2, 0) is 6.42 Å². The molecule has 2 aliphatic rings. The van der Waals surface area contributed by atoms with Crippen LogP contribution < -0.4 is 0 Å². The van der Waals surface area contributed by atoms with E-state index < -0.39 is 0 Å². The van der Waals surface area contributed by atoms with Crippen molar-refractivity contribution in [2.24, 2.45) is 5.10 Å². The van der Waals surface area contributed by atoms with E-state index in [1.165, 1.54) is 22.4 Å². The molecule has 0 saturated heterocycles. The first-order valence-corrected chi connectivity index (χ1v) is 7.83. The molecule has 1 aliphatic heterocycles. The summed E-state index contributed by atoms with van der Waals surface area (Å²) in [7, 11) is 0. The van der Waals surface area contributed by atoms with Gasteiger partial charge in [0.25, 0.3) is 0 Å². The number of hydrogen-bond donors (Lipinski definition) is 0. The van der Waals surface area contributed by atoms with Crippen LogP contribution in [0.25, 0.3) is 0 Å². The minimum absolute atomic E-state index is 0.330.